The van der Waals surface area contributed by atoms with Crippen molar-refractivity contribution in [3.05, 3.63) is 95.1 Å². The average molecular weight is 335 g/mol. The summed E-state index contributed by atoms with van der Waals surface area (Å²) in [6.45, 7) is 4.46. The van der Waals surface area contributed by atoms with Gasteiger partial charge in [0.25, 0.3) is 0 Å². The van der Waals surface area contributed by atoms with Crippen molar-refractivity contribution >= 4 is 22.1 Å². The molecule has 126 valence electrons. The van der Waals surface area contributed by atoms with Gasteiger partial charge in [0, 0.05) is 16.8 Å². The van der Waals surface area contributed by atoms with E-state index in [9.17, 15) is 0 Å². The molecule has 0 spiro atoms. The first-order valence-corrected chi connectivity index (χ1v) is 9.18. The minimum Gasteiger partial charge on any atom is -0.355 e. The first-order valence-electron chi connectivity index (χ1n) is 9.18. The number of aryl methyl sites for hydroxylation is 1. The molecule has 0 aliphatic heterocycles. The highest BCUT2D eigenvalue weighted by Crippen LogP contribution is 2.42. The minimum atomic E-state index is 1.03. The maximum absolute atomic E-state index is 3.69. The van der Waals surface area contributed by atoms with E-state index in [1.807, 2.05) is 0 Å². The molecule has 5 rings (SSSR count). The Morgan fingerprint density at radius 1 is 0.731 bits per heavy atom. The van der Waals surface area contributed by atoms with Gasteiger partial charge in [0.15, 0.2) is 0 Å². The van der Waals surface area contributed by atoms with Crippen molar-refractivity contribution < 1.29 is 0 Å². The molecule has 1 N–H and O–H groups in total. The van der Waals surface area contributed by atoms with E-state index in [4.69, 9.17) is 0 Å². The zero-order valence-corrected chi connectivity index (χ0v) is 15.1. The van der Waals surface area contributed by atoms with E-state index < -0.39 is 0 Å². The highest BCUT2D eigenvalue weighted by molar-refractivity contribution is 5.96. The van der Waals surface area contributed by atoms with Crippen LogP contribution in [-0.4, -0.2) is 0 Å². The summed E-state index contributed by atoms with van der Waals surface area (Å²) in [7, 11) is 0. The maximum atomic E-state index is 3.69. The molecule has 0 saturated heterocycles. The molecule has 1 heteroatoms. The van der Waals surface area contributed by atoms with E-state index in [1.54, 1.807) is 0 Å². The summed E-state index contributed by atoms with van der Waals surface area (Å²) in [4.78, 5) is 0. The third-order valence-electron chi connectivity index (χ3n) is 5.65. The number of fused-ring (bicyclic) bond motifs is 4. The number of benzene rings is 4. The van der Waals surface area contributed by atoms with Crippen LogP contribution in [0.15, 0.2) is 72.8 Å². The van der Waals surface area contributed by atoms with Crippen molar-refractivity contribution in [3.63, 3.8) is 0 Å². The molecular formula is C25H21N. The van der Waals surface area contributed by atoms with Gasteiger partial charge in [0.1, 0.15) is 0 Å². The van der Waals surface area contributed by atoms with Crippen LogP contribution in [-0.2, 0) is 6.42 Å². The predicted octanol–water partition coefficient (Wildman–Crippen LogP) is 6.77. The Balaban J connectivity index is 1.60. The summed E-state index contributed by atoms with van der Waals surface area (Å²) in [6, 6.07) is 26.1. The van der Waals surface area contributed by atoms with Crippen molar-refractivity contribution in [2.24, 2.45) is 0 Å². The molecule has 26 heavy (non-hydrogen) atoms. The summed E-state index contributed by atoms with van der Waals surface area (Å²) in [5.74, 6) is 0. The maximum Gasteiger partial charge on any atom is 0.0463 e. The molecule has 0 atom stereocenters. The van der Waals surface area contributed by atoms with Gasteiger partial charge < -0.3 is 5.32 Å². The van der Waals surface area contributed by atoms with Crippen molar-refractivity contribution in [2.45, 2.75) is 20.3 Å². The first-order chi connectivity index (χ1) is 12.7. The fourth-order valence-electron chi connectivity index (χ4n) is 4.29. The molecule has 1 nitrogen and oxygen atoms in total. The molecule has 1 aliphatic carbocycles. The van der Waals surface area contributed by atoms with Crippen LogP contribution in [0.2, 0.25) is 0 Å². The molecule has 0 saturated carbocycles. The quantitative estimate of drug-likeness (QED) is 0.375. The van der Waals surface area contributed by atoms with E-state index in [2.05, 4.69) is 92.0 Å². The smallest absolute Gasteiger partial charge is 0.0463 e. The van der Waals surface area contributed by atoms with Crippen LogP contribution >= 0.6 is 0 Å². The summed E-state index contributed by atoms with van der Waals surface area (Å²) >= 11 is 0. The van der Waals surface area contributed by atoms with Gasteiger partial charge in [-0.2, -0.15) is 0 Å². The topological polar surface area (TPSA) is 12.0 Å². The first kappa shape index (κ1) is 15.2. The van der Waals surface area contributed by atoms with Crippen LogP contribution in [0.5, 0.6) is 0 Å². The van der Waals surface area contributed by atoms with Crippen LogP contribution in [0.4, 0.5) is 11.4 Å². The molecule has 0 bridgehead atoms. The number of hydrogen-bond acceptors (Lipinski definition) is 1. The van der Waals surface area contributed by atoms with Crippen molar-refractivity contribution in [1.82, 2.24) is 0 Å². The number of anilines is 2. The fourth-order valence-corrected chi connectivity index (χ4v) is 4.29. The SMILES string of the molecule is Cc1cccc2c1-c1ccc(Nc3cccc4ccccc34)c(C)c1C2. The number of rotatable bonds is 2. The summed E-state index contributed by atoms with van der Waals surface area (Å²) in [5, 5.41) is 6.21. The molecule has 4 aromatic carbocycles. The van der Waals surface area contributed by atoms with Gasteiger partial charge in [0.05, 0.1) is 0 Å². The van der Waals surface area contributed by atoms with Gasteiger partial charge in [-0.15, -0.1) is 0 Å². The van der Waals surface area contributed by atoms with E-state index in [0.717, 1.165) is 12.1 Å². The lowest BCUT2D eigenvalue weighted by molar-refractivity contribution is 1.21. The molecule has 0 heterocycles. The monoisotopic (exact) mass is 335 g/mol. The molecule has 0 unspecified atom stereocenters. The molecule has 0 aromatic heterocycles. The van der Waals surface area contributed by atoms with Gasteiger partial charge in [-0.1, -0.05) is 60.7 Å². The third-order valence-corrected chi connectivity index (χ3v) is 5.65. The van der Waals surface area contributed by atoms with Gasteiger partial charge in [-0.05, 0) is 71.2 Å². The Bertz CT molecular complexity index is 1150. The van der Waals surface area contributed by atoms with Crippen LogP contribution < -0.4 is 5.32 Å². The van der Waals surface area contributed by atoms with Crippen molar-refractivity contribution in [3.8, 4) is 11.1 Å². The fraction of sp³-hybridized carbons (Fsp3) is 0.120. The molecule has 4 aromatic rings. The minimum absolute atomic E-state index is 1.03. The summed E-state index contributed by atoms with van der Waals surface area (Å²) in [6.07, 6.45) is 1.03. The molecule has 0 radical (unpaired) electrons. The Hall–Kier alpha value is -3.06. The van der Waals surface area contributed by atoms with Gasteiger partial charge in [0.2, 0.25) is 0 Å². The van der Waals surface area contributed by atoms with Crippen LogP contribution in [0.1, 0.15) is 22.3 Å². The lowest BCUT2D eigenvalue weighted by Crippen LogP contribution is -1.97. The van der Waals surface area contributed by atoms with E-state index in [0.29, 0.717) is 0 Å². The molecule has 0 fully saturated rings. The second-order valence-electron chi connectivity index (χ2n) is 7.20. The van der Waals surface area contributed by atoms with Gasteiger partial charge >= 0.3 is 0 Å². The normalized spacial score (nSPS) is 12.1. The van der Waals surface area contributed by atoms with Crippen molar-refractivity contribution in [2.75, 3.05) is 5.32 Å². The van der Waals surface area contributed by atoms with E-state index in [1.165, 1.54) is 49.8 Å². The third kappa shape index (κ3) is 2.24. The van der Waals surface area contributed by atoms with E-state index in [-0.39, 0.29) is 0 Å². The van der Waals surface area contributed by atoms with Crippen molar-refractivity contribution in [1.29, 1.82) is 0 Å². The second kappa shape index (κ2) is 5.74. The van der Waals surface area contributed by atoms with Crippen LogP contribution in [0.25, 0.3) is 21.9 Å². The highest BCUT2D eigenvalue weighted by atomic mass is 14.9. The number of nitrogens with one attached hydrogen (secondary N) is 1. The molecule has 1 aliphatic rings. The average Bonchev–Trinajstić information content (AvgIpc) is 3.05. The number of hydrogen-bond donors (Lipinski definition) is 1. The summed E-state index contributed by atoms with van der Waals surface area (Å²) < 4.78 is 0. The zero-order chi connectivity index (χ0) is 17.7. The Labute approximate surface area is 154 Å². The van der Waals surface area contributed by atoms with Gasteiger partial charge in [-0.25, -0.2) is 0 Å². The summed E-state index contributed by atoms with van der Waals surface area (Å²) in [5.41, 5.74) is 10.8. The lowest BCUT2D eigenvalue weighted by Gasteiger charge is -2.15. The van der Waals surface area contributed by atoms with E-state index >= 15 is 0 Å². The predicted molar refractivity (Wildman–Crippen MR) is 111 cm³/mol. The lowest BCUT2D eigenvalue weighted by atomic mass is 9.98. The largest absolute Gasteiger partial charge is 0.355 e. The second-order valence-corrected chi connectivity index (χ2v) is 7.20. The zero-order valence-electron chi connectivity index (χ0n) is 15.1. The molecule has 0 amide bonds. The van der Waals surface area contributed by atoms with Gasteiger partial charge in [-0.3, -0.25) is 0 Å². The Morgan fingerprint density at radius 2 is 1.54 bits per heavy atom. The van der Waals surface area contributed by atoms with Crippen LogP contribution in [0, 0.1) is 13.8 Å². The molecular weight excluding hydrogens is 314 g/mol. The van der Waals surface area contributed by atoms with Crippen LogP contribution in [0.3, 0.4) is 0 Å². The highest BCUT2D eigenvalue weighted by Gasteiger charge is 2.22. The standard InChI is InChI=1S/C25H21N/c1-16-7-5-10-19-15-22-17(2)23(14-13-21(22)25(16)19)26-24-12-6-9-18-8-3-4-11-20(18)24/h3-14,26H,15H2,1-2H3. The Kier molecular flexibility index (Phi) is 3.36. The Morgan fingerprint density at radius 3 is 2.46 bits per heavy atom.